The van der Waals surface area contributed by atoms with Gasteiger partial charge in [-0.15, -0.1) is 0 Å². The molecule has 2 aromatic rings. The van der Waals surface area contributed by atoms with Gasteiger partial charge in [-0.2, -0.15) is 0 Å². The number of benzene rings is 2. The monoisotopic (exact) mass is 420 g/mol. The van der Waals surface area contributed by atoms with Crippen LogP contribution in [0.1, 0.15) is 6.42 Å². The summed E-state index contributed by atoms with van der Waals surface area (Å²) in [7, 11) is -7.10. The highest BCUT2D eigenvalue weighted by Gasteiger charge is 2.28. The van der Waals surface area contributed by atoms with Gasteiger partial charge in [-0.1, -0.05) is 23.2 Å². The first-order valence-corrected chi connectivity index (χ1v) is 11.1. The standard InChI is InChI=1S/C15H14Cl2N2O4S2/c16-14-7-6-13(10-15(14)17)25(22,23)18-11-2-4-12(5-3-11)19-8-1-9-24(19,20)21/h2-7,10,18H,1,8-9H2. The molecule has 25 heavy (non-hydrogen) atoms. The van der Waals surface area contributed by atoms with Crippen LogP contribution in [-0.2, 0) is 20.0 Å². The van der Waals surface area contributed by atoms with Crippen LogP contribution in [0.25, 0.3) is 0 Å². The SMILES string of the molecule is O=S(=O)(Nc1ccc(N2CCCS2(=O)=O)cc1)c1ccc(Cl)c(Cl)c1. The highest BCUT2D eigenvalue weighted by atomic mass is 35.5. The molecule has 134 valence electrons. The predicted octanol–water partition coefficient (Wildman–Crippen LogP) is 3.33. The largest absolute Gasteiger partial charge is 0.280 e. The van der Waals surface area contributed by atoms with Crippen LogP contribution in [0.5, 0.6) is 0 Å². The Bertz CT molecular complexity index is 1010. The highest BCUT2D eigenvalue weighted by Crippen LogP contribution is 2.28. The van der Waals surface area contributed by atoms with E-state index in [2.05, 4.69) is 4.72 Å². The molecule has 10 heteroatoms. The van der Waals surface area contributed by atoms with Gasteiger partial charge in [0.25, 0.3) is 10.0 Å². The van der Waals surface area contributed by atoms with Crippen molar-refractivity contribution in [1.82, 2.24) is 0 Å². The zero-order valence-electron chi connectivity index (χ0n) is 12.8. The maximum absolute atomic E-state index is 12.4. The second kappa shape index (κ2) is 6.68. The van der Waals surface area contributed by atoms with Crippen LogP contribution in [0.15, 0.2) is 47.4 Å². The summed E-state index contributed by atoms with van der Waals surface area (Å²) in [5.41, 5.74) is 0.821. The highest BCUT2D eigenvalue weighted by molar-refractivity contribution is 7.93. The Kier molecular flexibility index (Phi) is 4.89. The predicted molar refractivity (Wildman–Crippen MR) is 99.5 cm³/mol. The molecule has 0 unspecified atom stereocenters. The lowest BCUT2D eigenvalue weighted by molar-refractivity contribution is 0.598. The summed E-state index contributed by atoms with van der Waals surface area (Å²) in [6.45, 7) is 0.427. The summed E-state index contributed by atoms with van der Waals surface area (Å²) >= 11 is 11.6. The molecule has 2 aromatic carbocycles. The molecule has 0 bridgehead atoms. The van der Waals surface area contributed by atoms with Crippen LogP contribution in [0.2, 0.25) is 10.0 Å². The average Bonchev–Trinajstić information content (AvgIpc) is 2.90. The summed E-state index contributed by atoms with van der Waals surface area (Å²) in [6, 6.07) is 10.2. The number of sulfonamides is 2. The first-order valence-electron chi connectivity index (χ1n) is 7.27. The van der Waals surface area contributed by atoms with Gasteiger partial charge in [-0.05, 0) is 48.9 Å². The third kappa shape index (κ3) is 3.87. The van der Waals surface area contributed by atoms with E-state index in [9.17, 15) is 16.8 Å². The summed E-state index contributed by atoms with van der Waals surface area (Å²) in [5.74, 6) is 0.124. The van der Waals surface area contributed by atoms with E-state index >= 15 is 0 Å². The maximum atomic E-state index is 12.4. The zero-order chi connectivity index (χ0) is 18.2. The van der Waals surface area contributed by atoms with Gasteiger partial charge in [0.05, 0.1) is 26.4 Å². The third-order valence-electron chi connectivity index (χ3n) is 3.71. The number of halogens is 2. The minimum absolute atomic E-state index is 0.0203. The Hall–Kier alpha value is -1.48. The summed E-state index contributed by atoms with van der Waals surface area (Å²) < 4.78 is 52.3. The van der Waals surface area contributed by atoms with E-state index < -0.39 is 20.0 Å². The minimum atomic E-state index is -3.83. The van der Waals surface area contributed by atoms with Crippen molar-refractivity contribution < 1.29 is 16.8 Å². The van der Waals surface area contributed by atoms with Gasteiger partial charge in [-0.3, -0.25) is 9.03 Å². The van der Waals surface area contributed by atoms with E-state index in [1.54, 1.807) is 12.1 Å². The lowest BCUT2D eigenvalue weighted by Gasteiger charge is -2.17. The second-order valence-electron chi connectivity index (χ2n) is 5.47. The summed E-state index contributed by atoms with van der Waals surface area (Å²) in [5, 5.41) is 0.399. The van der Waals surface area contributed by atoms with Crippen molar-refractivity contribution in [3.63, 3.8) is 0 Å². The van der Waals surface area contributed by atoms with Gasteiger partial charge in [0, 0.05) is 12.2 Å². The molecule has 3 rings (SSSR count). The smallest absolute Gasteiger partial charge is 0.261 e. The molecule has 0 spiro atoms. The van der Waals surface area contributed by atoms with Crippen LogP contribution in [0.3, 0.4) is 0 Å². The Morgan fingerprint density at radius 2 is 1.68 bits per heavy atom. The van der Waals surface area contributed by atoms with Gasteiger partial charge >= 0.3 is 0 Å². The molecular weight excluding hydrogens is 407 g/mol. The molecule has 0 aliphatic carbocycles. The van der Waals surface area contributed by atoms with Gasteiger partial charge < -0.3 is 0 Å². The van der Waals surface area contributed by atoms with Crippen LogP contribution in [0.4, 0.5) is 11.4 Å². The molecule has 1 aliphatic rings. The topological polar surface area (TPSA) is 83.6 Å². The van der Waals surface area contributed by atoms with Crippen LogP contribution < -0.4 is 9.03 Å². The molecule has 0 amide bonds. The average molecular weight is 421 g/mol. The fourth-order valence-corrected chi connectivity index (χ4v) is 5.50. The van der Waals surface area contributed by atoms with Crippen molar-refractivity contribution in [3.8, 4) is 0 Å². The van der Waals surface area contributed by atoms with Gasteiger partial charge in [-0.25, -0.2) is 16.8 Å². The number of rotatable bonds is 4. The van der Waals surface area contributed by atoms with E-state index in [1.807, 2.05) is 0 Å². The molecule has 0 radical (unpaired) electrons. The number of anilines is 2. The zero-order valence-corrected chi connectivity index (χ0v) is 16.0. The quantitative estimate of drug-likeness (QED) is 0.821. The number of hydrogen-bond acceptors (Lipinski definition) is 4. The van der Waals surface area contributed by atoms with Crippen molar-refractivity contribution in [2.45, 2.75) is 11.3 Å². The number of hydrogen-bond donors (Lipinski definition) is 1. The molecule has 1 saturated heterocycles. The lowest BCUT2D eigenvalue weighted by atomic mass is 10.3. The first kappa shape index (κ1) is 18.3. The van der Waals surface area contributed by atoms with Crippen LogP contribution in [0, 0.1) is 0 Å². The van der Waals surface area contributed by atoms with Gasteiger partial charge in [0.2, 0.25) is 10.0 Å². The van der Waals surface area contributed by atoms with E-state index in [1.165, 1.54) is 34.6 Å². The Labute approximate surface area is 156 Å². The fourth-order valence-electron chi connectivity index (χ4n) is 2.48. The number of nitrogens with zero attached hydrogens (tertiary/aromatic N) is 1. The molecule has 0 saturated carbocycles. The molecular formula is C15H14Cl2N2O4S2. The van der Waals surface area contributed by atoms with Crippen molar-refractivity contribution >= 4 is 54.6 Å². The fraction of sp³-hybridized carbons (Fsp3) is 0.200. The Balaban J connectivity index is 1.82. The second-order valence-corrected chi connectivity index (χ2v) is 9.98. The van der Waals surface area contributed by atoms with Crippen molar-refractivity contribution in [2.24, 2.45) is 0 Å². The van der Waals surface area contributed by atoms with Crippen molar-refractivity contribution in [1.29, 1.82) is 0 Å². The Morgan fingerprint density at radius 1 is 1.00 bits per heavy atom. The van der Waals surface area contributed by atoms with Gasteiger partial charge in [0.1, 0.15) is 0 Å². The summed E-state index contributed by atoms with van der Waals surface area (Å²) in [4.78, 5) is -0.0203. The molecule has 6 nitrogen and oxygen atoms in total. The normalized spacial score (nSPS) is 16.8. The third-order valence-corrected chi connectivity index (χ3v) is 7.70. The molecule has 1 aliphatic heterocycles. The number of nitrogens with one attached hydrogen (secondary N) is 1. The van der Waals surface area contributed by atoms with Crippen LogP contribution in [-0.4, -0.2) is 29.1 Å². The van der Waals surface area contributed by atoms with E-state index in [4.69, 9.17) is 23.2 Å². The van der Waals surface area contributed by atoms with E-state index in [0.29, 0.717) is 24.3 Å². The first-order chi connectivity index (χ1) is 11.7. The minimum Gasteiger partial charge on any atom is -0.280 e. The molecule has 1 N–H and O–H groups in total. The van der Waals surface area contributed by atoms with E-state index in [0.717, 1.165) is 0 Å². The van der Waals surface area contributed by atoms with Crippen LogP contribution >= 0.6 is 23.2 Å². The van der Waals surface area contributed by atoms with Gasteiger partial charge in [0.15, 0.2) is 0 Å². The molecule has 0 atom stereocenters. The van der Waals surface area contributed by atoms with Crippen molar-refractivity contribution in [3.05, 3.63) is 52.5 Å². The molecule has 0 aromatic heterocycles. The van der Waals surface area contributed by atoms with E-state index in [-0.39, 0.29) is 20.7 Å². The molecule has 1 heterocycles. The lowest BCUT2D eigenvalue weighted by Crippen LogP contribution is -2.25. The maximum Gasteiger partial charge on any atom is 0.261 e. The molecule has 1 fully saturated rings. The van der Waals surface area contributed by atoms with Crippen molar-refractivity contribution in [2.75, 3.05) is 21.3 Å². The Morgan fingerprint density at radius 3 is 2.24 bits per heavy atom. The summed E-state index contributed by atoms with van der Waals surface area (Å²) in [6.07, 6.45) is 0.577.